The molecule has 0 bridgehead atoms. The van der Waals surface area contributed by atoms with E-state index in [0.717, 1.165) is 18.9 Å². The summed E-state index contributed by atoms with van der Waals surface area (Å²) in [4.78, 5) is 14.8. The van der Waals surface area contributed by atoms with E-state index in [4.69, 9.17) is 0 Å². The summed E-state index contributed by atoms with van der Waals surface area (Å²) in [5, 5.41) is 8.69. The molecule has 3 heterocycles. The van der Waals surface area contributed by atoms with Crippen molar-refractivity contribution in [3.8, 4) is 5.82 Å². The number of hydrogen-bond acceptors (Lipinski definition) is 4. The van der Waals surface area contributed by atoms with E-state index in [1.54, 1.807) is 27.7 Å². The molecule has 1 aliphatic carbocycles. The van der Waals surface area contributed by atoms with Crippen molar-refractivity contribution in [2.45, 2.75) is 51.1 Å². The van der Waals surface area contributed by atoms with Crippen LogP contribution < -0.4 is 5.56 Å². The highest BCUT2D eigenvalue weighted by Crippen LogP contribution is 2.28. The van der Waals surface area contributed by atoms with E-state index in [2.05, 4.69) is 15.1 Å². The van der Waals surface area contributed by atoms with Gasteiger partial charge in [0.25, 0.3) is 5.56 Å². The van der Waals surface area contributed by atoms with Gasteiger partial charge in [-0.25, -0.2) is 9.36 Å². The minimum Gasteiger partial charge on any atom is -0.300 e. The number of likely N-dealkylation sites (tertiary alicyclic amines) is 1. The smallest absolute Gasteiger partial charge is 0.266 e. The van der Waals surface area contributed by atoms with Crippen molar-refractivity contribution in [1.82, 2.24) is 24.5 Å². The second kappa shape index (κ2) is 6.89. The lowest BCUT2D eigenvalue weighted by Gasteiger charge is -2.36. The normalized spacial score (nSPS) is 20.7. The van der Waals surface area contributed by atoms with Gasteiger partial charge < -0.3 is 4.90 Å². The molecular formula is C18H25N5O. The molecule has 0 atom stereocenters. The predicted octanol–water partition coefficient (Wildman–Crippen LogP) is 2.08. The van der Waals surface area contributed by atoms with E-state index in [0.29, 0.717) is 18.3 Å². The van der Waals surface area contributed by atoms with Gasteiger partial charge in [-0.3, -0.25) is 4.79 Å². The summed E-state index contributed by atoms with van der Waals surface area (Å²) in [7, 11) is 0. The molecule has 0 amide bonds. The minimum atomic E-state index is -0.0240. The molecule has 2 aromatic rings. The Hall–Kier alpha value is -1.95. The van der Waals surface area contributed by atoms with Crippen LogP contribution in [0.4, 0.5) is 0 Å². The quantitative estimate of drug-likeness (QED) is 0.863. The topological polar surface area (TPSA) is 56.0 Å². The molecular weight excluding hydrogens is 302 g/mol. The molecule has 1 saturated heterocycles. The highest BCUT2D eigenvalue weighted by atomic mass is 16.1. The standard InChI is InChI=1S/C18H25N5O/c24-18-7-6-17(22-11-3-10-19-22)20-23(18)14-15-8-12-21(13-9-15)16-4-1-2-5-16/h3,6-7,10-11,15-16H,1-2,4-5,8-9,12-14H2. The zero-order valence-electron chi connectivity index (χ0n) is 14.0. The van der Waals surface area contributed by atoms with Gasteiger partial charge >= 0.3 is 0 Å². The number of rotatable bonds is 4. The van der Waals surface area contributed by atoms with E-state index in [9.17, 15) is 4.79 Å². The van der Waals surface area contributed by atoms with Crippen LogP contribution in [0, 0.1) is 5.92 Å². The van der Waals surface area contributed by atoms with Crippen LogP contribution in [0.2, 0.25) is 0 Å². The zero-order chi connectivity index (χ0) is 16.4. The Kier molecular flexibility index (Phi) is 4.47. The van der Waals surface area contributed by atoms with Gasteiger partial charge in [0, 0.05) is 31.0 Å². The lowest BCUT2D eigenvalue weighted by Crippen LogP contribution is -2.41. The molecule has 2 aromatic heterocycles. The maximum absolute atomic E-state index is 12.1. The summed E-state index contributed by atoms with van der Waals surface area (Å²) < 4.78 is 3.31. The van der Waals surface area contributed by atoms with Gasteiger partial charge in [-0.2, -0.15) is 5.10 Å². The van der Waals surface area contributed by atoms with E-state index in [1.165, 1.54) is 38.8 Å². The Balaban J connectivity index is 1.40. The molecule has 4 rings (SSSR count). The van der Waals surface area contributed by atoms with Crippen molar-refractivity contribution in [1.29, 1.82) is 0 Å². The average molecular weight is 327 g/mol. The minimum absolute atomic E-state index is 0.0240. The summed E-state index contributed by atoms with van der Waals surface area (Å²) in [6, 6.07) is 6.00. The van der Waals surface area contributed by atoms with Crippen LogP contribution in [0.25, 0.3) is 5.82 Å². The van der Waals surface area contributed by atoms with E-state index >= 15 is 0 Å². The first-order valence-electron chi connectivity index (χ1n) is 9.12. The molecule has 2 aliphatic rings. The Labute approximate surface area is 142 Å². The highest BCUT2D eigenvalue weighted by molar-refractivity contribution is 5.17. The fourth-order valence-electron chi connectivity index (χ4n) is 4.11. The zero-order valence-corrected chi connectivity index (χ0v) is 14.0. The molecule has 0 aromatic carbocycles. The molecule has 0 radical (unpaired) electrons. The van der Waals surface area contributed by atoms with Crippen molar-refractivity contribution < 1.29 is 0 Å². The number of nitrogens with zero attached hydrogens (tertiary/aromatic N) is 5. The number of hydrogen-bond donors (Lipinski definition) is 0. The highest BCUT2D eigenvalue weighted by Gasteiger charge is 2.27. The molecule has 0 unspecified atom stereocenters. The second-order valence-corrected chi connectivity index (χ2v) is 7.08. The fraction of sp³-hybridized carbons (Fsp3) is 0.611. The monoisotopic (exact) mass is 327 g/mol. The maximum Gasteiger partial charge on any atom is 0.266 e. The Morgan fingerprint density at radius 3 is 2.58 bits per heavy atom. The van der Waals surface area contributed by atoms with Gasteiger partial charge in [0.05, 0.1) is 0 Å². The van der Waals surface area contributed by atoms with Crippen LogP contribution in [-0.2, 0) is 6.54 Å². The van der Waals surface area contributed by atoms with Gasteiger partial charge in [-0.05, 0) is 56.8 Å². The lowest BCUT2D eigenvalue weighted by molar-refractivity contribution is 0.125. The first-order chi connectivity index (χ1) is 11.8. The van der Waals surface area contributed by atoms with Crippen molar-refractivity contribution in [2.24, 2.45) is 5.92 Å². The van der Waals surface area contributed by atoms with Crippen LogP contribution in [0.3, 0.4) is 0 Å². The molecule has 128 valence electrons. The van der Waals surface area contributed by atoms with Crippen molar-refractivity contribution in [2.75, 3.05) is 13.1 Å². The third-order valence-corrected chi connectivity index (χ3v) is 5.51. The first-order valence-corrected chi connectivity index (χ1v) is 9.12. The van der Waals surface area contributed by atoms with Gasteiger partial charge in [0.2, 0.25) is 0 Å². The van der Waals surface area contributed by atoms with Crippen LogP contribution >= 0.6 is 0 Å². The largest absolute Gasteiger partial charge is 0.300 e. The average Bonchev–Trinajstić information content (AvgIpc) is 3.31. The van der Waals surface area contributed by atoms with E-state index in [-0.39, 0.29) is 5.56 Å². The molecule has 2 fully saturated rings. The summed E-state index contributed by atoms with van der Waals surface area (Å²) in [5.74, 6) is 1.24. The Morgan fingerprint density at radius 1 is 1.08 bits per heavy atom. The molecule has 6 nitrogen and oxygen atoms in total. The Morgan fingerprint density at radius 2 is 1.88 bits per heavy atom. The summed E-state index contributed by atoms with van der Waals surface area (Å²) in [6.45, 7) is 3.05. The van der Waals surface area contributed by atoms with Crippen LogP contribution in [0.1, 0.15) is 38.5 Å². The second-order valence-electron chi connectivity index (χ2n) is 7.08. The lowest BCUT2D eigenvalue weighted by atomic mass is 9.95. The molecule has 0 N–H and O–H groups in total. The maximum atomic E-state index is 12.1. The van der Waals surface area contributed by atoms with Gasteiger partial charge in [-0.15, -0.1) is 5.10 Å². The third kappa shape index (κ3) is 3.29. The number of aromatic nitrogens is 4. The first kappa shape index (κ1) is 15.6. The molecule has 1 aliphatic heterocycles. The predicted molar refractivity (Wildman–Crippen MR) is 92.2 cm³/mol. The van der Waals surface area contributed by atoms with Crippen LogP contribution in [-0.4, -0.2) is 43.6 Å². The van der Waals surface area contributed by atoms with Gasteiger partial charge in [-0.1, -0.05) is 12.8 Å². The SMILES string of the molecule is O=c1ccc(-n2cccn2)nn1CC1CCN(C2CCCC2)CC1. The number of piperidine rings is 1. The molecule has 24 heavy (non-hydrogen) atoms. The molecule has 1 saturated carbocycles. The Bertz CT molecular complexity index is 709. The van der Waals surface area contributed by atoms with Gasteiger partial charge in [0.15, 0.2) is 5.82 Å². The van der Waals surface area contributed by atoms with Crippen LogP contribution in [0.15, 0.2) is 35.4 Å². The van der Waals surface area contributed by atoms with Crippen molar-refractivity contribution >= 4 is 0 Å². The molecule has 0 spiro atoms. The van der Waals surface area contributed by atoms with Crippen molar-refractivity contribution in [3.63, 3.8) is 0 Å². The summed E-state index contributed by atoms with van der Waals surface area (Å²) in [5.41, 5.74) is -0.0240. The van der Waals surface area contributed by atoms with Crippen LogP contribution in [0.5, 0.6) is 0 Å². The summed E-state index contributed by atoms with van der Waals surface area (Å²) >= 11 is 0. The summed E-state index contributed by atoms with van der Waals surface area (Å²) in [6.07, 6.45) is 11.4. The molecule has 6 heteroatoms. The van der Waals surface area contributed by atoms with Crippen molar-refractivity contribution in [3.05, 3.63) is 40.9 Å². The van der Waals surface area contributed by atoms with E-state index < -0.39 is 0 Å². The van der Waals surface area contributed by atoms with E-state index in [1.807, 2.05) is 12.3 Å². The fourth-order valence-corrected chi connectivity index (χ4v) is 4.11. The van der Waals surface area contributed by atoms with Gasteiger partial charge in [0.1, 0.15) is 0 Å². The third-order valence-electron chi connectivity index (χ3n) is 5.51.